The summed E-state index contributed by atoms with van der Waals surface area (Å²) in [5, 5.41) is 9.74. The van der Waals surface area contributed by atoms with E-state index in [0.29, 0.717) is 24.1 Å². The molecule has 0 spiro atoms. The molecule has 2 aromatic rings. The van der Waals surface area contributed by atoms with E-state index in [-0.39, 0.29) is 5.91 Å². The van der Waals surface area contributed by atoms with Crippen LogP contribution >= 0.6 is 11.8 Å². The summed E-state index contributed by atoms with van der Waals surface area (Å²) < 4.78 is 7.68. The van der Waals surface area contributed by atoms with E-state index in [1.54, 1.807) is 6.26 Å². The van der Waals surface area contributed by atoms with Crippen LogP contribution in [0.15, 0.2) is 28.0 Å². The molecule has 4 rings (SSSR count). The molecule has 0 aliphatic carbocycles. The lowest BCUT2D eigenvalue weighted by Crippen LogP contribution is -2.40. The van der Waals surface area contributed by atoms with Crippen LogP contribution in [0, 0.1) is 11.8 Å². The van der Waals surface area contributed by atoms with Gasteiger partial charge in [0.2, 0.25) is 11.9 Å². The summed E-state index contributed by atoms with van der Waals surface area (Å²) in [5.41, 5.74) is 0. The number of rotatable bonds is 6. The van der Waals surface area contributed by atoms with Gasteiger partial charge in [-0.05, 0) is 49.7 Å². The highest BCUT2D eigenvalue weighted by molar-refractivity contribution is 7.99. The third kappa shape index (κ3) is 4.97. The average Bonchev–Trinajstić information content (AvgIpc) is 3.36. The first kappa shape index (κ1) is 20.3. The number of nitrogens with zero attached hydrogens (tertiary/aromatic N) is 5. The third-order valence-electron chi connectivity index (χ3n) is 5.87. The molecule has 1 amide bonds. The molecule has 0 N–H and O–H groups in total. The fraction of sp³-hybridized carbons (Fsp3) is 0.667. The maximum atomic E-state index is 12.7. The minimum absolute atomic E-state index is 0.197. The smallest absolute Gasteiger partial charge is 0.233 e. The molecule has 7 nitrogen and oxygen atoms in total. The average molecular weight is 418 g/mol. The Kier molecular flexibility index (Phi) is 6.47. The monoisotopic (exact) mass is 417 g/mol. The molecule has 0 saturated carbocycles. The number of thioether (sulfide) groups is 1. The van der Waals surface area contributed by atoms with E-state index < -0.39 is 0 Å². The van der Waals surface area contributed by atoms with Crippen LogP contribution in [0.2, 0.25) is 0 Å². The summed E-state index contributed by atoms with van der Waals surface area (Å²) in [5.74, 6) is 3.59. The van der Waals surface area contributed by atoms with Gasteiger partial charge in [0, 0.05) is 26.2 Å². The summed E-state index contributed by atoms with van der Waals surface area (Å²) in [6, 6.07) is 3.87. The first-order chi connectivity index (χ1) is 14.1. The quantitative estimate of drug-likeness (QED) is 0.670. The first-order valence-corrected chi connectivity index (χ1v) is 11.7. The highest BCUT2D eigenvalue weighted by Crippen LogP contribution is 2.27. The molecule has 2 aliphatic heterocycles. The van der Waals surface area contributed by atoms with E-state index in [2.05, 4.69) is 33.5 Å². The van der Waals surface area contributed by atoms with Crippen molar-refractivity contribution in [2.45, 2.75) is 51.2 Å². The van der Waals surface area contributed by atoms with Crippen LogP contribution in [-0.4, -0.2) is 57.5 Å². The second kappa shape index (κ2) is 9.24. The van der Waals surface area contributed by atoms with Gasteiger partial charge in [0.15, 0.2) is 5.16 Å². The Morgan fingerprint density at radius 1 is 1.17 bits per heavy atom. The zero-order valence-corrected chi connectivity index (χ0v) is 18.2. The minimum Gasteiger partial charge on any atom is -0.467 e. The van der Waals surface area contributed by atoms with Crippen molar-refractivity contribution >= 4 is 23.6 Å². The molecule has 2 unspecified atom stereocenters. The molecule has 2 saturated heterocycles. The van der Waals surface area contributed by atoms with Crippen LogP contribution in [0.3, 0.4) is 0 Å². The van der Waals surface area contributed by atoms with Crippen LogP contribution in [0.25, 0.3) is 0 Å². The van der Waals surface area contributed by atoms with Crippen LogP contribution in [0.1, 0.15) is 45.3 Å². The maximum absolute atomic E-state index is 12.7. The third-order valence-corrected chi connectivity index (χ3v) is 6.82. The summed E-state index contributed by atoms with van der Waals surface area (Å²) in [4.78, 5) is 17.0. The number of amides is 1. The molecule has 2 atom stereocenters. The van der Waals surface area contributed by atoms with Gasteiger partial charge < -0.3 is 14.2 Å². The Labute approximate surface area is 176 Å². The predicted octanol–water partition coefficient (Wildman–Crippen LogP) is 3.51. The molecule has 158 valence electrons. The number of anilines is 1. The number of carbonyl (C=O) groups is 1. The number of furan rings is 1. The Morgan fingerprint density at radius 2 is 1.97 bits per heavy atom. The zero-order valence-electron chi connectivity index (χ0n) is 17.4. The number of hydrogen-bond donors (Lipinski definition) is 0. The normalized spacial score (nSPS) is 22.8. The summed E-state index contributed by atoms with van der Waals surface area (Å²) >= 11 is 1.49. The van der Waals surface area contributed by atoms with E-state index >= 15 is 0 Å². The number of hydrogen-bond acceptors (Lipinski definition) is 6. The van der Waals surface area contributed by atoms with Gasteiger partial charge in [0.25, 0.3) is 0 Å². The highest BCUT2D eigenvalue weighted by Gasteiger charge is 2.25. The predicted molar refractivity (Wildman–Crippen MR) is 114 cm³/mol. The molecule has 0 bridgehead atoms. The molecule has 8 heteroatoms. The van der Waals surface area contributed by atoms with Crippen molar-refractivity contribution in [1.29, 1.82) is 0 Å². The van der Waals surface area contributed by atoms with E-state index in [0.717, 1.165) is 49.5 Å². The Morgan fingerprint density at radius 3 is 2.69 bits per heavy atom. The topological polar surface area (TPSA) is 67.4 Å². The van der Waals surface area contributed by atoms with Crippen LogP contribution in [-0.2, 0) is 11.3 Å². The lowest BCUT2D eigenvalue weighted by molar-refractivity contribution is -0.130. The summed E-state index contributed by atoms with van der Waals surface area (Å²) in [6.45, 7) is 8.82. The molecule has 2 fully saturated rings. The van der Waals surface area contributed by atoms with E-state index in [9.17, 15) is 4.79 Å². The summed E-state index contributed by atoms with van der Waals surface area (Å²) in [6.07, 6.45) is 6.43. The highest BCUT2D eigenvalue weighted by atomic mass is 32.2. The number of likely N-dealkylation sites (tertiary alicyclic amines) is 1. The van der Waals surface area contributed by atoms with Gasteiger partial charge in [-0.25, -0.2) is 0 Å². The standard InChI is InChI=1S/C21H31N5O2S/c1-16-6-3-9-24(12-16)19(27)15-29-21-23-22-20(25-10-4-7-17(2)13-25)26(21)14-18-8-5-11-28-18/h5,8,11,16-17H,3-4,6-7,9-10,12-15H2,1-2H3. The minimum atomic E-state index is 0.197. The second-order valence-electron chi connectivity index (χ2n) is 8.52. The Bertz CT molecular complexity index is 806. The lowest BCUT2D eigenvalue weighted by atomic mass is 10.0. The van der Waals surface area contributed by atoms with Crippen molar-refractivity contribution in [2.75, 3.05) is 36.8 Å². The van der Waals surface area contributed by atoms with Gasteiger partial charge in [-0.15, -0.1) is 10.2 Å². The van der Waals surface area contributed by atoms with Gasteiger partial charge in [0.05, 0.1) is 18.6 Å². The molecule has 29 heavy (non-hydrogen) atoms. The van der Waals surface area contributed by atoms with Crippen molar-refractivity contribution in [3.05, 3.63) is 24.2 Å². The van der Waals surface area contributed by atoms with E-state index in [4.69, 9.17) is 4.42 Å². The van der Waals surface area contributed by atoms with Crippen molar-refractivity contribution in [3.8, 4) is 0 Å². The lowest BCUT2D eigenvalue weighted by Gasteiger charge is -2.31. The number of carbonyl (C=O) groups excluding carboxylic acids is 1. The van der Waals surface area contributed by atoms with E-state index in [1.165, 1.54) is 31.0 Å². The fourth-order valence-corrected chi connectivity index (χ4v) is 5.16. The maximum Gasteiger partial charge on any atom is 0.233 e. The molecule has 4 heterocycles. The van der Waals surface area contributed by atoms with Crippen LogP contribution in [0.4, 0.5) is 5.95 Å². The number of piperidine rings is 2. The second-order valence-corrected chi connectivity index (χ2v) is 9.46. The Balaban J connectivity index is 1.49. The van der Waals surface area contributed by atoms with Gasteiger partial charge in [-0.1, -0.05) is 25.6 Å². The zero-order chi connectivity index (χ0) is 20.2. The van der Waals surface area contributed by atoms with Crippen molar-refractivity contribution < 1.29 is 9.21 Å². The van der Waals surface area contributed by atoms with Crippen molar-refractivity contribution in [1.82, 2.24) is 19.7 Å². The number of aromatic nitrogens is 3. The summed E-state index contributed by atoms with van der Waals surface area (Å²) in [7, 11) is 0. The van der Waals surface area contributed by atoms with Crippen molar-refractivity contribution in [3.63, 3.8) is 0 Å². The van der Waals surface area contributed by atoms with Crippen LogP contribution in [0.5, 0.6) is 0 Å². The molecular formula is C21H31N5O2S. The molecule has 2 aliphatic rings. The molecule has 0 aromatic carbocycles. The van der Waals surface area contributed by atoms with Gasteiger partial charge >= 0.3 is 0 Å². The van der Waals surface area contributed by atoms with Gasteiger partial charge in [-0.3, -0.25) is 9.36 Å². The fourth-order valence-electron chi connectivity index (χ4n) is 4.32. The first-order valence-electron chi connectivity index (χ1n) is 10.7. The van der Waals surface area contributed by atoms with Crippen LogP contribution < -0.4 is 4.90 Å². The largest absolute Gasteiger partial charge is 0.467 e. The Hall–Kier alpha value is -1.96. The SMILES string of the molecule is CC1CCCN(C(=O)CSc2nnc(N3CCCC(C)C3)n2Cc2ccco2)C1. The molecule has 2 aromatic heterocycles. The van der Waals surface area contributed by atoms with Gasteiger partial charge in [-0.2, -0.15) is 0 Å². The van der Waals surface area contributed by atoms with Gasteiger partial charge in [0.1, 0.15) is 5.76 Å². The van der Waals surface area contributed by atoms with E-state index in [1.807, 2.05) is 17.0 Å². The molecular weight excluding hydrogens is 386 g/mol. The van der Waals surface area contributed by atoms with Crippen molar-refractivity contribution in [2.24, 2.45) is 11.8 Å². The molecule has 0 radical (unpaired) electrons.